The molecule has 0 saturated heterocycles. The van der Waals surface area contributed by atoms with Crippen molar-refractivity contribution in [1.82, 2.24) is 4.90 Å². The van der Waals surface area contributed by atoms with Gasteiger partial charge in [-0.1, -0.05) is 13.8 Å². The standard InChI is InChI=1S/C14H20FNO2/c1-3-16(4-2)10-5-11-18-14(17)12-6-8-13(15)9-7-12/h6-9H,3-5,10-11H2,1-2H3. The first kappa shape index (κ1) is 14.6. The van der Waals surface area contributed by atoms with E-state index in [0.717, 1.165) is 26.1 Å². The zero-order valence-corrected chi connectivity index (χ0v) is 11.0. The van der Waals surface area contributed by atoms with Crippen LogP contribution >= 0.6 is 0 Å². The lowest BCUT2D eigenvalue weighted by Crippen LogP contribution is -2.25. The van der Waals surface area contributed by atoms with Crippen LogP contribution in [0.25, 0.3) is 0 Å². The number of hydrogen-bond donors (Lipinski definition) is 0. The van der Waals surface area contributed by atoms with Gasteiger partial charge in [-0.2, -0.15) is 0 Å². The van der Waals surface area contributed by atoms with Crippen LogP contribution in [0.15, 0.2) is 24.3 Å². The van der Waals surface area contributed by atoms with Gasteiger partial charge in [-0.05, 0) is 43.8 Å². The summed E-state index contributed by atoms with van der Waals surface area (Å²) in [5.41, 5.74) is 0.388. The maximum atomic E-state index is 12.7. The fourth-order valence-electron chi connectivity index (χ4n) is 1.66. The van der Waals surface area contributed by atoms with Crippen molar-refractivity contribution < 1.29 is 13.9 Å². The third-order valence-corrected chi connectivity index (χ3v) is 2.83. The zero-order chi connectivity index (χ0) is 13.4. The Morgan fingerprint density at radius 2 is 1.83 bits per heavy atom. The van der Waals surface area contributed by atoms with Crippen molar-refractivity contribution in [3.05, 3.63) is 35.6 Å². The first-order valence-corrected chi connectivity index (χ1v) is 6.32. The van der Waals surface area contributed by atoms with E-state index in [4.69, 9.17) is 4.74 Å². The number of rotatable bonds is 7. The normalized spacial score (nSPS) is 10.7. The largest absolute Gasteiger partial charge is 0.462 e. The van der Waals surface area contributed by atoms with Crippen LogP contribution in [0.5, 0.6) is 0 Å². The number of ether oxygens (including phenoxy) is 1. The molecule has 0 aliphatic carbocycles. The van der Waals surface area contributed by atoms with Gasteiger partial charge in [-0.15, -0.1) is 0 Å². The van der Waals surface area contributed by atoms with Gasteiger partial charge in [-0.3, -0.25) is 0 Å². The molecule has 0 aromatic heterocycles. The Morgan fingerprint density at radius 1 is 1.22 bits per heavy atom. The van der Waals surface area contributed by atoms with E-state index in [9.17, 15) is 9.18 Å². The Labute approximate surface area is 108 Å². The molecule has 0 saturated carbocycles. The Kier molecular flexibility index (Phi) is 6.36. The molecule has 0 unspecified atom stereocenters. The van der Waals surface area contributed by atoms with Crippen molar-refractivity contribution in [3.8, 4) is 0 Å². The van der Waals surface area contributed by atoms with Gasteiger partial charge in [-0.25, -0.2) is 9.18 Å². The summed E-state index contributed by atoms with van der Waals surface area (Å²) < 4.78 is 17.8. The number of nitrogens with zero attached hydrogens (tertiary/aromatic N) is 1. The Bertz CT molecular complexity index is 361. The molecule has 0 radical (unpaired) electrons. The van der Waals surface area contributed by atoms with Crippen molar-refractivity contribution in [3.63, 3.8) is 0 Å². The predicted molar refractivity (Wildman–Crippen MR) is 69.1 cm³/mol. The smallest absolute Gasteiger partial charge is 0.338 e. The topological polar surface area (TPSA) is 29.5 Å². The molecular formula is C14H20FNO2. The summed E-state index contributed by atoms with van der Waals surface area (Å²) in [5, 5.41) is 0. The summed E-state index contributed by atoms with van der Waals surface area (Å²) in [6.07, 6.45) is 0.814. The lowest BCUT2D eigenvalue weighted by atomic mass is 10.2. The van der Waals surface area contributed by atoms with Gasteiger partial charge in [0.05, 0.1) is 12.2 Å². The van der Waals surface area contributed by atoms with E-state index in [0.29, 0.717) is 12.2 Å². The van der Waals surface area contributed by atoms with E-state index >= 15 is 0 Å². The number of halogens is 1. The Hall–Kier alpha value is -1.42. The number of carbonyl (C=O) groups is 1. The Morgan fingerprint density at radius 3 is 2.39 bits per heavy atom. The van der Waals surface area contributed by atoms with Crippen molar-refractivity contribution in [2.75, 3.05) is 26.2 Å². The first-order valence-electron chi connectivity index (χ1n) is 6.32. The minimum absolute atomic E-state index is 0.354. The van der Waals surface area contributed by atoms with Crippen molar-refractivity contribution in [1.29, 1.82) is 0 Å². The van der Waals surface area contributed by atoms with Crippen LogP contribution in [0.4, 0.5) is 4.39 Å². The fourth-order valence-corrected chi connectivity index (χ4v) is 1.66. The molecule has 0 aliphatic rings. The summed E-state index contributed by atoms with van der Waals surface area (Å²) >= 11 is 0. The van der Waals surface area contributed by atoms with Crippen LogP contribution in [0, 0.1) is 5.82 Å². The van der Waals surface area contributed by atoms with E-state index in [1.807, 2.05) is 0 Å². The third-order valence-electron chi connectivity index (χ3n) is 2.83. The average molecular weight is 253 g/mol. The molecule has 1 rings (SSSR count). The zero-order valence-electron chi connectivity index (χ0n) is 11.0. The van der Waals surface area contributed by atoms with Gasteiger partial charge in [0.15, 0.2) is 0 Å². The Balaban J connectivity index is 2.27. The summed E-state index contributed by atoms with van der Waals surface area (Å²) in [7, 11) is 0. The second-order valence-electron chi connectivity index (χ2n) is 4.02. The average Bonchev–Trinajstić information content (AvgIpc) is 2.39. The minimum atomic E-state index is -0.394. The number of benzene rings is 1. The van der Waals surface area contributed by atoms with E-state index in [2.05, 4.69) is 18.7 Å². The molecule has 0 N–H and O–H groups in total. The first-order chi connectivity index (χ1) is 8.67. The van der Waals surface area contributed by atoms with Crippen LogP contribution < -0.4 is 0 Å². The van der Waals surface area contributed by atoms with Crippen LogP contribution in [0.3, 0.4) is 0 Å². The molecule has 3 nitrogen and oxygen atoms in total. The number of hydrogen-bond acceptors (Lipinski definition) is 3. The molecule has 0 bridgehead atoms. The SMILES string of the molecule is CCN(CC)CCCOC(=O)c1ccc(F)cc1. The summed E-state index contributed by atoms with van der Waals surface area (Å²) in [5.74, 6) is -0.748. The quantitative estimate of drug-likeness (QED) is 0.553. The number of carbonyl (C=O) groups excluding carboxylic acids is 1. The van der Waals surface area contributed by atoms with E-state index < -0.39 is 5.97 Å². The fraction of sp³-hybridized carbons (Fsp3) is 0.500. The van der Waals surface area contributed by atoms with E-state index in [1.165, 1.54) is 24.3 Å². The van der Waals surface area contributed by atoms with Crippen LogP contribution in [0.1, 0.15) is 30.6 Å². The predicted octanol–water partition coefficient (Wildman–Crippen LogP) is 2.71. The van der Waals surface area contributed by atoms with E-state index in [-0.39, 0.29) is 5.82 Å². The molecule has 0 fully saturated rings. The molecule has 100 valence electrons. The molecule has 1 aromatic carbocycles. The highest BCUT2D eigenvalue weighted by molar-refractivity contribution is 5.89. The third kappa shape index (κ3) is 4.84. The number of esters is 1. The van der Waals surface area contributed by atoms with Crippen molar-refractivity contribution >= 4 is 5.97 Å². The molecule has 4 heteroatoms. The van der Waals surface area contributed by atoms with Gasteiger partial charge in [0.1, 0.15) is 5.82 Å². The van der Waals surface area contributed by atoms with E-state index in [1.54, 1.807) is 0 Å². The second kappa shape index (κ2) is 7.82. The van der Waals surface area contributed by atoms with Gasteiger partial charge < -0.3 is 9.64 Å². The molecule has 0 aliphatic heterocycles. The maximum absolute atomic E-state index is 12.7. The van der Waals surface area contributed by atoms with Crippen molar-refractivity contribution in [2.45, 2.75) is 20.3 Å². The van der Waals surface area contributed by atoms with Crippen LogP contribution in [-0.4, -0.2) is 37.1 Å². The lowest BCUT2D eigenvalue weighted by Gasteiger charge is -2.17. The maximum Gasteiger partial charge on any atom is 0.338 e. The molecule has 0 spiro atoms. The van der Waals surface area contributed by atoms with Crippen LogP contribution in [0.2, 0.25) is 0 Å². The molecule has 1 aromatic rings. The monoisotopic (exact) mass is 253 g/mol. The van der Waals surface area contributed by atoms with Crippen LogP contribution in [-0.2, 0) is 4.74 Å². The highest BCUT2D eigenvalue weighted by atomic mass is 19.1. The van der Waals surface area contributed by atoms with Crippen molar-refractivity contribution in [2.24, 2.45) is 0 Å². The highest BCUT2D eigenvalue weighted by Gasteiger charge is 2.07. The summed E-state index contributed by atoms with van der Waals surface area (Å²) in [6.45, 7) is 7.53. The van der Waals surface area contributed by atoms with Gasteiger partial charge in [0, 0.05) is 6.54 Å². The molecule has 0 amide bonds. The highest BCUT2D eigenvalue weighted by Crippen LogP contribution is 2.04. The molecule has 0 atom stereocenters. The lowest BCUT2D eigenvalue weighted by molar-refractivity contribution is 0.0489. The second-order valence-corrected chi connectivity index (χ2v) is 4.02. The molecule has 0 heterocycles. The molecule has 18 heavy (non-hydrogen) atoms. The van der Waals surface area contributed by atoms with Gasteiger partial charge in [0.25, 0.3) is 0 Å². The summed E-state index contributed by atoms with van der Waals surface area (Å²) in [6, 6.07) is 5.38. The molecular weight excluding hydrogens is 233 g/mol. The summed E-state index contributed by atoms with van der Waals surface area (Å²) in [4.78, 5) is 13.9. The van der Waals surface area contributed by atoms with Gasteiger partial charge in [0.2, 0.25) is 0 Å². The van der Waals surface area contributed by atoms with Gasteiger partial charge >= 0.3 is 5.97 Å². The minimum Gasteiger partial charge on any atom is -0.462 e.